The van der Waals surface area contributed by atoms with E-state index in [0.29, 0.717) is 22.4 Å². The Morgan fingerprint density at radius 3 is 2.80 bits per heavy atom. The number of likely N-dealkylation sites (tertiary alicyclic amines) is 1. The van der Waals surface area contributed by atoms with Crippen molar-refractivity contribution in [1.82, 2.24) is 14.8 Å². The number of piperidine rings is 1. The molecule has 0 aliphatic carbocycles. The minimum atomic E-state index is -0.536. The van der Waals surface area contributed by atoms with E-state index in [9.17, 15) is 9.90 Å². The van der Waals surface area contributed by atoms with E-state index in [0.717, 1.165) is 25.9 Å². The van der Waals surface area contributed by atoms with Crippen molar-refractivity contribution in [2.75, 3.05) is 19.6 Å². The molecule has 1 fully saturated rings. The van der Waals surface area contributed by atoms with Crippen LogP contribution < -0.4 is 0 Å². The van der Waals surface area contributed by atoms with Gasteiger partial charge >= 0.3 is 0 Å². The lowest BCUT2D eigenvalue weighted by molar-refractivity contribution is -0.0136. The Labute approximate surface area is 155 Å². The summed E-state index contributed by atoms with van der Waals surface area (Å²) in [6.45, 7) is 2.83. The summed E-state index contributed by atoms with van der Waals surface area (Å²) in [5, 5.41) is 10.7. The average Bonchev–Trinajstić information content (AvgIpc) is 3.07. The van der Waals surface area contributed by atoms with Crippen molar-refractivity contribution in [2.24, 2.45) is 0 Å². The molecule has 0 bridgehead atoms. The van der Waals surface area contributed by atoms with Gasteiger partial charge in [0, 0.05) is 32.2 Å². The molecule has 25 heavy (non-hydrogen) atoms. The van der Waals surface area contributed by atoms with Gasteiger partial charge in [-0.05, 0) is 24.0 Å². The molecule has 1 amide bonds. The number of amides is 1. The molecule has 0 radical (unpaired) electrons. The predicted molar refractivity (Wildman–Crippen MR) is 98.0 cm³/mol. The fourth-order valence-electron chi connectivity index (χ4n) is 3.84. The molecule has 2 aliphatic rings. The lowest BCUT2D eigenvalue weighted by atomic mass is 9.94. The number of nitrogens with zero attached hydrogens (tertiary/aromatic N) is 3. The van der Waals surface area contributed by atoms with Crippen molar-refractivity contribution < 1.29 is 9.90 Å². The molecule has 1 aromatic heterocycles. The van der Waals surface area contributed by atoms with Crippen molar-refractivity contribution in [3.05, 3.63) is 50.9 Å². The van der Waals surface area contributed by atoms with Gasteiger partial charge in [-0.15, -0.1) is 0 Å². The van der Waals surface area contributed by atoms with Crippen LogP contribution in [0.15, 0.2) is 30.5 Å². The number of aliphatic hydroxyl groups excluding tert-OH is 1. The van der Waals surface area contributed by atoms with Crippen molar-refractivity contribution in [2.45, 2.75) is 31.5 Å². The third-order valence-electron chi connectivity index (χ3n) is 5.15. The van der Waals surface area contributed by atoms with Crippen LogP contribution in [-0.4, -0.2) is 57.6 Å². The minimum Gasteiger partial charge on any atom is -0.390 e. The molecule has 4 rings (SSSR count). The van der Waals surface area contributed by atoms with Crippen LogP contribution in [0.4, 0.5) is 0 Å². The van der Waals surface area contributed by atoms with Gasteiger partial charge in [-0.25, -0.2) is 4.98 Å². The fourth-order valence-corrected chi connectivity index (χ4v) is 4.74. The Morgan fingerprint density at radius 2 is 2.08 bits per heavy atom. The van der Waals surface area contributed by atoms with Crippen LogP contribution >= 0.6 is 22.9 Å². The van der Waals surface area contributed by atoms with Gasteiger partial charge in [-0.2, -0.15) is 0 Å². The van der Waals surface area contributed by atoms with Crippen LogP contribution in [-0.2, 0) is 13.0 Å². The van der Waals surface area contributed by atoms with E-state index in [1.54, 1.807) is 4.90 Å². The molecule has 0 saturated carbocycles. The number of carbonyl (C=O) groups is 1. The molecular formula is C18H20ClN3O2S. The van der Waals surface area contributed by atoms with E-state index in [4.69, 9.17) is 11.6 Å². The monoisotopic (exact) mass is 377 g/mol. The second kappa shape index (κ2) is 7.03. The number of carbonyl (C=O) groups excluding carboxylic acids is 1. The van der Waals surface area contributed by atoms with Gasteiger partial charge in [-0.1, -0.05) is 47.2 Å². The fraction of sp³-hybridized carbons (Fsp3) is 0.444. The smallest absolute Gasteiger partial charge is 0.265 e. The number of rotatable bonds is 2. The predicted octanol–water partition coefficient (Wildman–Crippen LogP) is 2.43. The highest BCUT2D eigenvalue weighted by Crippen LogP contribution is 2.27. The number of hydrogen-bond donors (Lipinski definition) is 1. The molecule has 2 atom stereocenters. The highest BCUT2D eigenvalue weighted by atomic mass is 35.5. The maximum atomic E-state index is 12.5. The molecule has 1 aromatic carbocycles. The molecule has 5 nitrogen and oxygen atoms in total. The number of aromatic nitrogens is 1. The third-order valence-corrected chi connectivity index (χ3v) is 6.25. The largest absolute Gasteiger partial charge is 0.390 e. The number of hydrogen-bond acceptors (Lipinski definition) is 5. The zero-order valence-corrected chi connectivity index (χ0v) is 15.3. The van der Waals surface area contributed by atoms with Crippen LogP contribution in [0, 0.1) is 0 Å². The molecule has 2 aliphatic heterocycles. The normalized spacial score (nSPS) is 24.2. The number of thiazole rings is 1. The second-order valence-corrected chi connectivity index (χ2v) is 8.25. The number of fused-ring (bicyclic) bond motifs is 1. The molecule has 1 N–H and O–H groups in total. The van der Waals surface area contributed by atoms with E-state index in [-0.39, 0.29) is 11.9 Å². The van der Waals surface area contributed by atoms with E-state index in [1.165, 1.54) is 28.7 Å². The van der Waals surface area contributed by atoms with Crippen molar-refractivity contribution in [3.63, 3.8) is 0 Å². The Kier molecular flexibility index (Phi) is 4.78. The number of benzene rings is 1. The first-order chi connectivity index (χ1) is 12.1. The topological polar surface area (TPSA) is 56.7 Å². The van der Waals surface area contributed by atoms with Gasteiger partial charge in [-0.3, -0.25) is 9.69 Å². The van der Waals surface area contributed by atoms with Crippen LogP contribution in [0.1, 0.15) is 27.2 Å². The lowest BCUT2D eigenvalue weighted by Crippen LogP contribution is -2.56. The number of halogens is 1. The van der Waals surface area contributed by atoms with Crippen LogP contribution in [0.3, 0.4) is 0 Å². The molecule has 132 valence electrons. The average molecular weight is 378 g/mol. The van der Waals surface area contributed by atoms with Gasteiger partial charge < -0.3 is 10.0 Å². The van der Waals surface area contributed by atoms with Gasteiger partial charge in [0.15, 0.2) is 4.47 Å². The first-order valence-corrected chi connectivity index (χ1v) is 9.71. The minimum absolute atomic E-state index is 0.0918. The standard InChI is InChI=1S/C18H20ClN3O2S/c19-18-20-9-16(25-18)17(24)22-8-6-14(15(23)11-22)21-7-5-12-3-1-2-4-13(12)10-21/h1-4,9,14-15,23H,5-8,10-11H2/t14-,15-/m1/s1. The van der Waals surface area contributed by atoms with E-state index in [1.807, 2.05) is 0 Å². The van der Waals surface area contributed by atoms with Crippen LogP contribution in [0.2, 0.25) is 4.47 Å². The summed E-state index contributed by atoms with van der Waals surface area (Å²) in [5.74, 6) is -0.0918. The second-order valence-electron chi connectivity index (χ2n) is 6.64. The first kappa shape index (κ1) is 17.0. The van der Waals surface area contributed by atoms with E-state index >= 15 is 0 Å². The third kappa shape index (κ3) is 3.44. The molecule has 3 heterocycles. The Balaban J connectivity index is 1.41. The molecule has 1 saturated heterocycles. The summed E-state index contributed by atoms with van der Waals surface area (Å²) in [5.41, 5.74) is 2.75. The zero-order valence-electron chi connectivity index (χ0n) is 13.8. The Morgan fingerprint density at radius 1 is 1.28 bits per heavy atom. The molecular weight excluding hydrogens is 358 g/mol. The van der Waals surface area contributed by atoms with E-state index in [2.05, 4.69) is 34.1 Å². The van der Waals surface area contributed by atoms with Crippen molar-refractivity contribution in [1.29, 1.82) is 0 Å². The summed E-state index contributed by atoms with van der Waals surface area (Å²) in [6, 6.07) is 8.60. The molecule has 0 unspecified atom stereocenters. The molecule has 2 aromatic rings. The van der Waals surface area contributed by atoms with Gasteiger partial charge in [0.05, 0.1) is 12.3 Å². The Bertz CT molecular complexity index is 781. The van der Waals surface area contributed by atoms with Crippen LogP contribution in [0.25, 0.3) is 0 Å². The molecule has 7 heteroatoms. The van der Waals surface area contributed by atoms with Gasteiger partial charge in [0.1, 0.15) is 4.88 Å². The van der Waals surface area contributed by atoms with Gasteiger partial charge in [0.25, 0.3) is 5.91 Å². The summed E-state index contributed by atoms with van der Waals surface area (Å²) < 4.78 is 0.366. The number of aliphatic hydroxyl groups is 1. The highest BCUT2D eigenvalue weighted by molar-refractivity contribution is 7.17. The quantitative estimate of drug-likeness (QED) is 0.873. The lowest BCUT2D eigenvalue weighted by Gasteiger charge is -2.43. The molecule has 0 spiro atoms. The SMILES string of the molecule is O=C(c1cnc(Cl)s1)N1CC[C@@H](N2CCc3ccccc3C2)[C@H](O)C1. The maximum absolute atomic E-state index is 12.5. The summed E-state index contributed by atoms with van der Waals surface area (Å²) in [6.07, 6.45) is 2.77. The first-order valence-electron chi connectivity index (χ1n) is 8.51. The summed E-state index contributed by atoms with van der Waals surface area (Å²) in [7, 11) is 0. The zero-order chi connectivity index (χ0) is 17.4. The van der Waals surface area contributed by atoms with E-state index < -0.39 is 6.10 Å². The number of β-amino-alcohol motifs (C(OH)–C–C–N with tert-alkyl or cyclic N) is 1. The summed E-state index contributed by atoms with van der Waals surface area (Å²) in [4.78, 5) is 21.0. The van der Waals surface area contributed by atoms with Crippen molar-refractivity contribution in [3.8, 4) is 0 Å². The van der Waals surface area contributed by atoms with Crippen LogP contribution in [0.5, 0.6) is 0 Å². The highest BCUT2D eigenvalue weighted by Gasteiger charge is 2.35. The van der Waals surface area contributed by atoms with Crippen molar-refractivity contribution >= 4 is 28.8 Å². The summed E-state index contributed by atoms with van der Waals surface area (Å²) >= 11 is 7.00. The maximum Gasteiger partial charge on any atom is 0.265 e. The van der Waals surface area contributed by atoms with Gasteiger partial charge in [0.2, 0.25) is 0 Å². The Hall–Kier alpha value is -1.47.